The maximum atomic E-state index is 5.45. The smallest absolute Gasteiger partial charge is 0.123 e. The number of nitrogens with zero attached hydrogens (tertiary/aromatic N) is 1. The number of ether oxygens (including phenoxy) is 3. The van der Waals surface area contributed by atoms with Crippen molar-refractivity contribution < 1.29 is 14.2 Å². The Morgan fingerprint density at radius 1 is 1.20 bits per heavy atom. The van der Waals surface area contributed by atoms with E-state index in [2.05, 4.69) is 17.3 Å². The Labute approximate surface area is 121 Å². The lowest BCUT2D eigenvalue weighted by Gasteiger charge is -2.25. The summed E-state index contributed by atoms with van der Waals surface area (Å²) >= 11 is 0. The molecule has 0 saturated carbocycles. The monoisotopic (exact) mass is 282 g/mol. The average molecular weight is 282 g/mol. The van der Waals surface area contributed by atoms with Gasteiger partial charge >= 0.3 is 0 Å². The minimum Gasteiger partial charge on any atom is -0.497 e. The molecule has 5 heteroatoms. The largest absolute Gasteiger partial charge is 0.497 e. The fourth-order valence-electron chi connectivity index (χ4n) is 2.11. The van der Waals surface area contributed by atoms with E-state index in [9.17, 15) is 0 Å². The molecule has 114 valence electrons. The van der Waals surface area contributed by atoms with E-state index in [1.165, 1.54) is 0 Å². The Morgan fingerprint density at radius 2 is 1.95 bits per heavy atom. The second-order valence-electron chi connectivity index (χ2n) is 4.70. The third kappa shape index (κ3) is 4.67. The van der Waals surface area contributed by atoms with Gasteiger partial charge in [0, 0.05) is 31.8 Å². The summed E-state index contributed by atoms with van der Waals surface area (Å²) in [5.41, 5.74) is 1.10. The molecule has 0 bridgehead atoms. The zero-order chi connectivity index (χ0) is 15.0. The van der Waals surface area contributed by atoms with Gasteiger partial charge in [0.1, 0.15) is 11.5 Å². The van der Waals surface area contributed by atoms with E-state index in [0.717, 1.165) is 36.8 Å². The fourth-order valence-corrected chi connectivity index (χ4v) is 2.11. The van der Waals surface area contributed by atoms with Gasteiger partial charge in [-0.2, -0.15) is 0 Å². The molecule has 1 aromatic carbocycles. The third-order valence-electron chi connectivity index (χ3n) is 3.33. The number of hydrogen-bond donors (Lipinski definition) is 1. The van der Waals surface area contributed by atoms with Gasteiger partial charge in [0.05, 0.1) is 20.8 Å². The van der Waals surface area contributed by atoms with Crippen molar-refractivity contribution in [2.75, 3.05) is 55.1 Å². The molecule has 1 aromatic rings. The number of nitrogens with one attached hydrogen (secondary N) is 1. The van der Waals surface area contributed by atoms with Crippen LogP contribution < -0.4 is 14.8 Å². The zero-order valence-electron chi connectivity index (χ0n) is 13.1. The molecular weight excluding hydrogens is 256 g/mol. The second-order valence-corrected chi connectivity index (χ2v) is 4.70. The molecule has 5 nitrogen and oxygen atoms in total. The van der Waals surface area contributed by atoms with Crippen molar-refractivity contribution in [2.45, 2.75) is 6.04 Å². The SMILES string of the molecule is CNC(CN(C)CCOC)c1cc(OC)ccc1OC. The molecule has 0 aromatic heterocycles. The van der Waals surface area contributed by atoms with Gasteiger partial charge in [-0.1, -0.05) is 0 Å². The summed E-state index contributed by atoms with van der Waals surface area (Å²) in [6, 6.07) is 6.03. The standard InChI is InChI=1S/C15H26N2O3/c1-16-14(11-17(2)8-9-18-3)13-10-12(19-4)6-7-15(13)20-5/h6-7,10,14,16H,8-9,11H2,1-5H3. The molecule has 1 N–H and O–H groups in total. The fraction of sp³-hybridized carbons (Fsp3) is 0.600. The van der Waals surface area contributed by atoms with E-state index in [1.807, 2.05) is 25.2 Å². The van der Waals surface area contributed by atoms with Crippen LogP contribution in [0.3, 0.4) is 0 Å². The van der Waals surface area contributed by atoms with Crippen molar-refractivity contribution in [3.8, 4) is 11.5 Å². The number of rotatable bonds is 9. The van der Waals surface area contributed by atoms with Crippen LogP contribution in [0.25, 0.3) is 0 Å². The molecule has 1 unspecified atom stereocenters. The van der Waals surface area contributed by atoms with Crippen LogP contribution in [0.15, 0.2) is 18.2 Å². The first-order valence-corrected chi connectivity index (χ1v) is 6.72. The molecule has 0 heterocycles. The summed E-state index contributed by atoms with van der Waals surface area (Å²) in [7, 11) is 9.11. The van der Waals surface area contributed by atoms with Crippen LogP contribution in [0, 0.1) is 0 Å². The number of benzene rings is 1. The van der Waals surface area contributed by atoms with Crippen molar-refractivity contribution in [3.63, 3.8) is 0 Å². The van der Waals surface area contributed by atoms with Gasteiger partial charge in [0.15, 0.2) is 0 Å². The second kappa shape index (κ2) is 8.79. The Bertz CT molecular complexity index is 399. The number of hydrogen-bond acceptors (Lipinski definition) is 5. The highest BCUT2D eigenvalue weighted by Crippen LogP contribution is 2.29. The Hall–Kier alpha value is -1.30. The maximum Gasteiger partial charge on any atom is 0.123 e. The van der Waals surface area contributed by atoms with Crippen molar-refractivity contribution in [1.82, 2.24) is 10.2 Å². The van der Waals surface area contributed by atoms with Crippen LogP contribution in [-0.2, 0) is 4.74 Å². The van der Waals surface area contributed by atoms with Crippen molar-refractivity contribution in [2.24, 2.45) is 0 Å². The van der Waals surface area contributed by atoms with Crippen molar-refractivity contribution in [1.29, 1.82) is 0 Å². The molecule has 0 fully saturated rings. The Morgan fingerprint density at radius 3 is 2.50 bits per heavy atom. The minimum absolute atomic E-state index is 0.168. The first kappa shape index (κ1) is 16.8. The maximum absolute atomic E-state index is 5.45. The van der Waals surface area contributed by atoms with Gasteiger partial charge in [-0.3, -0.25) is 0 Å². The van der Waals surface area contributed by atoms with Crippen LogP contribution in [-0.4, -0.2) is 60.0 Å². The van der Waals surface area contributed by atoms with Gasteiger partial charge < -0.3 is 24.4 Å². The molecule has 0 amide bonds. The van der Waals surface area contributed by atoms with Crippen LogP contribution in [0.4, 0.5) is 0 Å². The van der Waals surface area contributed by atoms with Gasteiger partial charge in [-0.05, 0) is 32.3 Å². The van der Waals surface area contributed by atoms with E-state index in [1.54, 1.807) is 21.3 Å². The summed E-state index contributed by atoms with van der Waals surface area (Å²) in [5.74, 6) is 1.70. The highest BCUT2D eigenvalue weighted by atomic mass is 16.5. The molecule has 0 aliphatic heterocycles. The molecule has 0 aliphatic rings. The summed E-state index contributed by atoms with van der Waals surface area (Å²) in [6.45, 7) is 2.48. The van der Waals surface area contributed by atoms with Gasteiger partial charge in [-0.15, -0.1) is 0 Å². The first-order valence-electron chi connectivity index (χ1n) is 6.72. The van der Waals surface area contributed by atoms with Crippen LogP contribution in [0.5, 0.6) is 11.5 Å². The predicted molar refractivity (Wildman–Crippen MR) is 80.7 cm³/mol. The molecule has 0 saturated heterocycles. The summed E-state index contributed by atoms with van der Waals surface area (Å²) in [4.78, 5) is 2.23. The summed E-state index contributed by atoms with van der Waals surface area (Å²) < 4.78 is 15.9. The highest BCUT2D eigenvalue weighted by Gasteiger charge is 2.17. The summed E-state index contributed by atoms with van der Waals surface area (Å²) in [6.07, 6.45) is 0. The highest BCUT2D eigenvalue weighted by molar-refractivity contribution is 5.42. The quantitative estimate of drug-likeness (QED) is 0.744. The Kier molecular flexibility index (Phi) is 7.36. The van der Waals surface area contributed by atoms with E-state index < -0.39 is 0 Å². The zero-order valence-corrected chi connectivity index (χ0v) is 13.1. The van der Waals surface area contributed by atoms with E-state index >= 15 is 0 Å². The Balaban J connectivity index is 2.87. The lowest BCUT2D eigenvalue weighted by Crippen LogP contribution is -2.33. The molecule has 1 atom stereocenters. The topological polar surface area (TPSA) is 43.0 Å². The molecule has 1 rings (SSSR count). The predicted octanol–water partition coefficient (Wildman–Crippen LogP) is 1.54. The molecule has 0 radical (unpaired) electrons. The van der Waals surface area contributed by atoms with Crippen molar-refractivity contribution >= 4 is 0 Å². The first-order chi connectivity index (χ1) is 9.65. The van der Waals surface area contributed by atoms with Crippen molar-refractivity contribution in [3.05, 3.63) is 23.8 Å². The molecular formula is C15H26N2O3. The normalized spacial score (nSPS) is 12.5. The average Bonchev–Trinajstić information content (AvgIpc) is 2.49. The summed E-state index contributed by atoms with van der Waals surface area (Å²) in [5, 5.41) is 3.33. The van der Waals surface area contributed by atoms with Crippen LogP contribution >= 0.6 is 0 Å². The van der Waals surface area contributed by atoms with Crippen LogP contribution in [0.2, 0.25) is 0 Å². The number of likely N-dealkylation sites (N-methyl/N-ethyl adjacent to an activating group) is 2. The molecule has 20 heavy (non-hydrogen) atoms. The van der Waals surface area contributed by atoms with E-state index in [4.69, 9.17) is 14.2 Å². The lowest BCUT2D eigenvalue weighted by molar-refractivity contribution is 0.156. The van der Waals surface area contributed by atoms with E-state index in [-0.39, 0.29) is 6.04 Å². The van der Waals surface area contributed by atoms with Crippen LogP contribution in [0.1, 0.15) is 11.6 Å². The van der Waals surface area contributed by atoms with E-state index in [0.29, 0.717) is 0 Å². The van der Waals surface area contributed by atoms with Gasteiger partial charge in [0.2, 0.25) is 0 Å². The van der Waals surface area contributed by atoms with Gasteiger partial charge in [-0.25, -0.2) is 0 Å². The van der Waals surface area contributed by atoms with Gasteiger partial charge in [0.25, 0.3) is 0 Å². The number of methoxy groups -OCH3 is 3. The molecule has 0 aliphatic carbocycles. The third-order valence-corrected chi connectivity index (χ3v) is 3.33. The lowest BCUT2D eigenvalue weighted by atomic mass is 10.0. The molecule has 0 spiro atoms. The minimum atomic E-state index is 0.168.